The zero-order valence-electron chi connectivity index (χ0n) is 20.5. The number of ether oxygens (including phenoxy) is 1. The Morgan fingerprint density at radius 1 is 1.08 bits per heavy atom. The molecule has 37 heavy (non-hydrogen) atoms. The lowest BCUT2D eigenvalue weighted by Gasteiger charge is -2.31. The summed E-state index contributed by atoms with van der Waals surface area (Å²) in [5.41, 5.74) is 2.62. The van der Waals surface area contributed by atoms with Gasteiger partial charge in [0, 0.05) is 11.1 Å². The minimum absolute atomic E-state index is 0.0498. The first-order valence-corrected chi connectivity index (χ1v) is 11.5. The summed E-state index contributed by atoms with van der Waals surface area (Å²) in [5, 5.41) is 11.8. The third-order valence-electron chi connectivity index (χ3n) is 5.97. The highest BCUT2D eigenvalue weighted by Gasteiger charge is 2.38. The Balaban J connectivity index is 1.83. The fraction of sp³-hybridized carbons (Fsp3) is 0.296. The lowest BCUT2D eigenvalue weighted by Crippen LogP contribution is -2.44. The molecule has 0 radical (unpaired) electrons. The summed E-state index contributed by atoms with van der Waals surface area (Å²) in [4.78, 5) is 28.9. The molecule has 0 saturated carbocycles. The van der Waals surface area contributed by atoms with Gasteiger partial charge in [-0.1, -0.05) is 75.4 Å². The Kier molecular flexibility index (Phi) is 6.86. The summed E-state index contributed by atoms with van der Waals surface area (Å²) in [6.07, 6.45) is -5.74. The highest BCUT2D eigenvalue weighted by atomic mass is 19.4. The second-order valence-electron chi connectivity index (χ2n) is 9.83. The lowest BCUT2D eigenvalue weighted by molar-refractivity contribution is -0.134. The molecule has 7 nitrogen and oxygen atoms in total. The fourth-order valence-electron chi connectivity index (χ4n) is 4.30. The number of hydrogen-bond acceptors (Lipinski definition) is 4. The Morgan fingerprint density at radius 3 is 2.30 bits per heavy atom. The van der Waals surface area contributed by atoms with Crippen LogP contribution in [-0.2, 0) is 4.79 Å². The molecule has 10 heteroatoms. The van der Waals surface area contributed by atoms with Gasteiger partial charge in [0.15, 0.2) is 6.61 Å². The Morgan fingerprint density at radius 2 is 1.73 bits per heavy atom. The third-order valence-corrected chi connectivity index (χ3v) is 5.97. The standard InChI is InChI=1S/C27H26F3N3O4/c1-26(2,3)23(32-25(35)36)18-11-9-17(10-12-18)22-19(16-7-5-4-6-8-16)13-20-24(31-22)37-14-21(34)33(20)15-27(28,29)30/h4-13,23,32H,14-15H2,1-3H3,(H,35,36). The maximum absolute atomic E-state index is 13.2. The number of fused-ring (bicyclic) bond motifs is 1. The molecule has 1 unspecified atom stereocenters. The van der Waals surface area contributed by atoms with Crippen molar-refractivity contribution in [2.45, 2.75) is 33.0 Å². The number of carboxylic acid groups (broad SMARTS) is 1. The van der Waals surface area contributed by atoms with Gasteiger partial charge in [0.25, 0.3) is 5.91 Å². The minimum Gasteiger partial charge on any atom is -0.466 e. The van der Waals surface area contributed by atoms with E-state index in [2.05, 4.69) is 10.3 Å². The van der Waals surface area contributed by atoms with Crippen LogP contribution >= 0.6 is 0 Å². The second-order valence-corrected chi connectivity index (χ2v) is 9.83. The summed E-state index contributed by atoms with van der Waals surface area (Å²) in [7, 11) is 0. The number of pyridine rings is 1. The molecule has 2 N–H and O–H groups in total. The predicted molar refractivity (Wildman–Crippen MR) is 132 cm³/mol. The number of rotatable bonds is 5. The monoisotopic (exact) mass is 513 g/mol. The molecule has 1 aliphatic heterocycles. The van der Waals surface area contributed by atoms with E-state index in [-0.39, 0.29) is 11.6 Å². The van der Waals surface area contributed by atoms with Crippen LogP contribution in [0.1, 0.15) is 32.4 Å². The second kappa shape index (κ2) is 9.76. The van der Waals surface area contributed by atoms with Crippen LogP contribution in [0, 0.1) is 5.41 Å². The van der Waals surface area contributed by atoms with Crippen molar-refractivity contribution in [2.75, 3.05) is 18.1 Å². The summed E-state index contributed by atoms with van der Waals surface area (Å²) < 4.78 is 45.2. The van der Waals surface area contributed by atoms with Gasteiger partial charge < -0.3 is 15.2 Å². The van der Waals surface area contributed by atoms with Crippen molar-refractivity contribution < 1.29 is 32.6 Å². The van der Waals surface area contributed by atoms with Crippen LogP contribution in [0.3, 0.4) is 0 Å². The van der Waals surface area contributed by atoms with Gasteiger partial charge in [0.1, 0.15) is 12.2 Å². The average Bonchev–Trinajstić information content (AvgIpc) is 2.83. The van der Waals surface area contributed by atoms with E-state index in [0.717, 1.165) is 5.56 Å². The number of anilines is 1. The molecule has 2 amide bonds. The molecule has 2 heterocycles. The lowest BCUT2D eigenvalue weighted by atomic mass is 9.82. The number of aromatic nitrogens is 1. The number of benzene rings is 2. The first-order chi connectivity index (χ1) is 17.3. The van der Waals surface area contributed by atoms with Crippen LogP contribution in [-0.4, -0.2) is 41.4 Å². The van der Waals surface area contributed by atoms with Gasteiger partial charge in [-0.25, -0.2) is 9.78 Å². The van der Waals surface area contributed by atoms with Crippen molar-refractivity contribution >= 4 is 17.7 Å². The number of nitrogens with zero attached hydrogens (tertiary/aromatic N) is 2. The first-order valence-electron chi connectivity index (χ1n) is 11.5. The van der Waals surface area contributed by atoms with Crippen molar-refractivity contribution in [1.29, 1.82) is 0 Å². The van der Waals surface area contributed by atoms with Crippen molar-refractivity contribution in [2.24, 2.45) is 5.41 Å². The Labute approximate surface area is 211 Å². The van der Waals surface area contributed by atoms with Crippen LogP contribution in [0.25, 0.3) is 22.4 Å². The van der Waals surface area contributed by atoms with Crippen molar-refractivity contribution in [3.8, 4) is 28.3 Å². The molecule has 1 atom stereocenters. The molecule has 0 aliphatic carbocycles. The largest absolute Gasteiger partial charge is 0.466 e. The normalized spacial score (nSPS) is 14.5. The maximum atomic E-state index is 13.2. The molecule has 3 aromatic rings. The van der Waals surface area contributed by atoms with Crippen LogP contribution in [0.4, 0.5) is 23.7 Å². The number of hydrogen-bond donors (Lipinski definition) is 2. The number of amides is 2. The van der Waals surface area contributed by atoms with Gasteiger partial charge in [-0.05, 0) is 22.6 Å². The Hall–Kier alpha value is -4.08. The minimum atomic E-state index is -4.60. The van der Waals surface area contributed by atoms with E-state index >= 15 is 0 Å². The smallest absolute Gasteiger partial charge is 0.406 e. The molecule has 194 valence electrons. The zero-order valence-corrected chi connectivity index (χ0v) is 20.5. The topological polar surface area (TPSA) is 91.8 Å². The molecule has 1 aromatic heterocycles. The van der Waals surface area contributed by atoms with E-state index in [9.17, 15) is 27.9 Å². The Bertz CT molecular complexity index is 1300. The van der Waals surface area contributed by atoms with E-state index in [1.165, 1.54) is 6.07 Å². The zero-order chi connectivity index (χ0) is 27.0. The van der Waals surface area contributed by atoms with Crippen LogP contribution in [0.2, 0.25) is 0 Å². The average molecular weight is 514 g/mol. The van der Waals surface area contributed by atoms with E-state index in [1.54, 1.807) is 48.5 Å². The van der Waals surface area contributed by atoms with Gasteiger partial charge in [-0.15, -0.1) is 0 Å². The number of carbonyl (C=O) groups excluding carboxylic acids is 1. The van der Waals surface area contributed by atoms with Crippen molar-refractivity contribution in [3.63, 3.8) is 0 Å². The molecule has 0 bridgehead atoms. The van der Waals surface area contributed by atoms with Crippen LogP contribution < -0.4 is 15.0 Å². The summed E-state index contributed by atoms with van der Waals surface area (Å²) in [5.74, 6) is -0.871. The van der Waals surface area contributed by atoms with E-state index in [1.807, 2.05) is 26.8 Å². The molecule has 0 saturated heterocycles. The fourth-order valence-corrected chi connectivity index (χ4v) is 4.30. The highest BCUT2D eigenvalue weighted by Crippen LogP contribution is 2.41. The SMILES string of the molecule is CC(C)(C)C(NC(=O)O)c1ccc(-c2nc3c(cc2-c2ccccc2)N(CC(F)(F)F)C(=O)CO3)cc1. The van der Waals surface area contributed by atoms with E-state index < -0.39 is 42.8 Å². The molecule has 0 fully saturated rings. The third kappa shape index (κ3) is 5.84. The van der Waals surface area contributed by atoms with Gasteiger partial charge in [0.05, 0.1) is 11.7 Å². The predicted octanol–water partition coefficient (Wildman–Crippen LogP) is 6.06. The molecular weight excluding hydrogens is 487 g/mol. The van der Waals surface area contributed by atoms with Gasteiger partial charge in [-0.3, -0.25) is 9.69 Å². The molecule has 1 aliphatic rings. The number of nitrogens with one attached hydrogen (secondary N) is 1. The summed E-state index contributed by atoms with van der Waals surface area (Å²) in [6.45, 7) is 3.77. The van der Waals surface area contributed by atoms with Crippen LogP contribution in [0.15, 0.2) is 60.7 Å². The van der Waals surface area contributed by atoms with E-state index in [4.69, 9.17) is 4.74 Å². The molecule has 2 aromatic carbocycles. The van der Waals surface area contributed by atoms with Gasteiger partial charge in [-0.2, -0.15) is 13.2 Å². The maximum Gasteiger partial charge on any atom is 0.406 e. The van der Waals surface area contributed by atoms with Crippen molar-refractivity contribution in [1.82, 2.24) is 10.3 Å². The van der Waals surface area contributed by atoms with Crippen LogP contribution in [0.5, 0.6) is 5.88 Å². The first kappa shape index (κ1) is 26.0. The molecular formula is C27H26F3N3O4. The van der Waals surface area contributed by atoms with Crippen molar-refractivity contribution in [3.05, 3.63) is 66.2 Å². The number of alkyl halides is 3. The quantitative estimate of drug-likeness (QED) is 0.433. The summed E-state index contributed by atoms with van der Waals surface area (Å²) in [6, 6.07) is 17.2. The number of halogens is 3. The number of carbonyl (C=O) groups is 2. The van der Waals surface area contributed by atoms with E-state index in [0.29, 0.717) is 27.3 Å². The van der Waals surface area contributed by atoms with Gasteiger partial charge in [0.2, 0.25) is 5.88 Å². The van der Waals surface area contributed by atoms with Gasteiger partial charge >= 0.3 is 12.3 Å². The highest BCUT2D eigenvalue weighted by molar-refractivity contribution is 5.99. The molecule has 4 rings (SSSR count). The molecule has 0 spiro atoms. The summed E-state index contributed by atoms with van der Waals surface area (Å²) >= 11 is 0.